The minimum Gasteiger partial charge on any atom is -0.392 e. The number of carbonyl (C=O) groups is 1. The Morgan fingerprint density at radius 2 is 2.12 bits per heavy atom. The summed E-state index contributed by atoms with van der Waals surface area (Å²) in [5.74, 6) is 0.626. The maximum atomic E-state index is 12.0. The molecular formula is C13H16N2OS. The van der Waals surface area contributed by atoms with Crippen LogP contribution in [0.15, 0.2) is 30.3 Å². The van der Waals surface area contributed by atoms with Gasteiger partial charge in [0.15, 0.2) is 0 Å². The summed E-state index contributed by atoms with van der Waals surface area (Å²) in [5.41, 5.74) is 6.68. The van der Waals surface area contributed by atoms with Gasteiger partial charge in [0.25, 0.3) is 0 Å². The number of thiocarbonyl (C=S) groups is 1. The molecule has 1 saturated carbocycles. The van der Waals surface area contributed by atoms with Gasteiger partial charge in [0, 0.05) is 13.0 Å². The van der Waals surface area contributed by atoms with Crippen LogP contribution in [-0.2, 0) is 4.79 Å². The second kappa shape index (κ2) is 4.84. The van der Waals surface area contributed by atoms with E-state index in [0.717, 1.165) is 6.42 Å². The number of hydrogen-bond acceptors (Lipinski definition) is 2. The van der Waals surface area contributed by atoms with Gasteiger partial charge in [-0.25, -0.2) is 0 Å². The van der Waals surface area contributed by atoms with Crippen molar-refractivity contribution in [2.45, 2.75) is 12.3 Å². The zero-order valence-electron chi connectivity index (χ0n) is 9.80. The second-order valence-electron chi connectivity index (χ2n) is 4.52. The lowest BCUT2D eigenvalue weighted by Crippen LogP contribution is -2.35. The molecule has 2 N–H and O–H groups in total. The third-order valence-corrected chi connectivity index (χ3v) is 3.23. The highest BCUT2D eigenvalue weighted by atomic mass is 32.1. The molecule has 2 atom stereocenters. The van der Waals surface area contributed by atoms with Crippen molar-refractivity contribution in [2.75, 3.05) is 13.6 Å². The van der Waals surface area contributed by atoms with E-state index in [1.807, 2.05) is 18.2 Å². The number of likely N-dealkylation sites (N-methyl/N-ethyl adjacent to an activating group) is 1. The smallest absolute Gasteiger partial charge is 0.226 e. The van der Waals surface area contributed by atoms with E-state index in [-0.39, 0.29) is 11.8 Å². The molecule has 1 amide bonds. The Morgan fingerprint density at radius 1 is 1.47 bits per heavy atom. The first-order chi connectivity index (χ1) is 8.09. The number of rotatable bonds is 4. The Balaban J connectivity index is 1.95. The summed E-state index contributed by atoms with van der Waals surface area (Å²) in [6.07, 6.45) is 0.935. The average Bonchev–Trinajstić information content (AvgIpc) is 3.08. The van der Waals surface area contributed by atoms with Crippen LogP contribution in [-0.4, -0.2) is 29.4 Å². The molecule has 0 bridgehead atoms. The van der Waals surface area contributed by atoms with Gasteiger partial charge >= 0.3 is 0 Å². The van der Waals surface area contributed by atoms with E-state index in [1.165, 1.54) is 5.56 Å². The van der Waals surface area contributed by atoms with Crippen molar-refractivity contribution in [3.05, 3.63) is 35.9 Å². The maximum absolute atomic E-state index is 12.0. The quantitative estimate of drug-likeness (QED) is 0.822. The van der Waals surface area contributed by atoms with Gasteiger partial charge in [0.2, 0.25) is 5.91 Å². The highest BCUT2D eigenvalue weighted by Gasteiger charge is 2.44. The fourth-order valence-electron chi connectivity index (χ4n) is 2.13. The van der Waals surface area contributed by atoms with E-state index < -0.39 is 0 Å². The lowest BCUT2D eigenvalue weighted by atomic mass is 10.1. The van der Waals surface area contributed by atoms with Crippen LogP contribution in [0.3, 0.4) is 0 Å². The van der Waals surface area contributed by atoms with Gasteiger partial charge in [-0.2, -0.15) is 0 Å². The van der Waals surface area contributed by atoms with E-state index in [1.54, 1.807) is 11.9 Å². The van der Waals surface area contributed by atoms with Crippen molar-refractivity contribution >= 4 is 23.1 Å². The third-order valence-electron chi connectivity index (χ3n) is 3.10. The number of nitrogens with two attached hydrogens (primary N) is 1. The SMILES string of the molecule is CN(CC(N)=S)C(=O)C1CC1c1ccccc1. The number of benzene rings is 1. The Hall–Kier alpha value is -1.42. The second-order valence-corrected chi connectivity index (χ2v) is 5.04. The fourth-order valence-corrected chi connectivity index (χ4v) is 2.32. The van der Waals surface area contributed by atoms with E-state index >= 15 is 0 Å². The van der Waals surface area contributed by atoms with Gasteiger partial charge in [-0.15, -0.1) is 0 Å². The van der Waals surface area contributed by atoms with Crippen LogP contribution in [0.5, 0.6) is 0 Å². The monoisotopic (exact) mass is 248 g/mol. The summed E-state index contributed by atoms with van der Waals surface area (Å²) in [4.78, 5) is 14.0. The zero-order valence-corrected chi connectivity index (χ0v) is 10.6. The van der Waals surface area contributed by atoms with Gasteiger partial charge in [-0.3, -0.25) is 4.79 Å². The molecule has 17 heavy (non-hydrogen) atoms. The van der Waals surface area contributed by atoms with Crippen LogP contribution >= 0.6 is 12.2 Å². The van der Waals surface area contributed by atoms with Crippen LogP contribution in [0, 0.1) is 5.92 Å². The van der Waals surface area contributed by atoms with Crippen LogP contribution < -0.4 is 5.73 Å². The molecule has 0 aliphatic heterocycles. The van der Waals surface area contributed by atoms with Crippen molar-refractivity contribution in [1.82, 2.24) is 4.90 Å². The van der Waals surface area contributed by atoms with E-state index in [4.69, 9.17) is 18.0 Å². The molecule has 2 unspecified atom stereocenters. The number of hydrogen-bond donors (Lipinski definition) is 1. The van der Waals surface area contributed by atoms with Crippen LogP contribution in [0.4, 0.5) is 0 Å². The number of amides is 1. The molecule has 1 fully saturated rings. The largest absolute Gasteiger partial charge is 0.392 e. The van der Waals surface area contributed by atoms with Crippen LogP contribution in [0.1, 0.15) is 17.9 Å². The zero-order chi connectivity index (χ0) is 12.4. The summed E-state index contributed by atoms with van der Waals surface area (Å²) < 4.78 is 0. The molecule has 0 aromatic heterocycles. The van der Waals surface area contributed by atoms with Gasteiger partial charge in [0.1, 0.15) is 0 Å². The number of nitrogens with zero attached hydrogens (tertiary/aromatic N) is 1. The van der Waals surface area contributed by atoms with Crippen molar-refractivity contribution in [3.63, 3.8) is 0 Å². The lowest BCUT2D eigenvalue weighted by molar-refractivity contribution is -0.130. The van der Waals surface area contributed by atoms with Crippen molar-refractivity contribution in [1.29, 1.82) is 0 Å². The highest BCUT2D eigenvalue weighted by Crippen LogP contribution is 2.48. The molecule has 1 aromatic carbocycles. The first-order valence-electron chi connectivity index (χ1n) is 5.68. The van der Waals surface area contributed by atoms with Gasteiger partial charge < -0.3 is 10.6 Å². The topological polar surface area (TPSA) is 46.3 Å². The third kappa shape index (κ3) is 2.82. The van der Waals surface area contributed by atoms with E-state index in [0.29, 0.717) is 17.5 Å². The molecule has 90 valence electrons. The van der Waals surface area contributed by atoms with Crippen molar-refractivity contribution in [3.8, 4) is 0 Å². The first kappa shape index (κ1) is 12.0. The Morgan fingerprint density at radius 3 is 2.71 bits per heavy atom. The summed E-state index contributed by atoms with van der Waals surface area (Å²) in [5, 5.41) is 0. The maximum Gasteiger partial charge on any atom is 0.226 e. The minimum atomic E-state index is 0.108. The highest BCUT2D eigenvalue weighted by molar-refractivity contribution is 7.80. The Kier molecular flexibility index (Phi) is 3.43. The molecule has 1 aliphatic carbocycles. The molecule has 4 heteroatoms. The Labute approximate surface area is 107 Å². The molecule has 1 aromatic rings. The number of carbonyl (C=O) groups excluding carboxylic acids is 1. The minimum absolute atomic E-state index is 0.108. The lowest BCUT2D eigenvalue weighted by Gasteiger charge is -2.16. The fraction of sp³-hybridized carbons (Fsp3) is 0.385. The summed E-state index contributed by atoms with van der Waals surface area (Å²) >= 11 is 4.80. The van der Waals surface area contributed by atoms with Crippen LogP contribution in [0.2, 0.25) is 0 Å². The molecule has 0 heterocycles. The van der Waals surface area contributed by atoms with E-state index in [9.17, 15) is 4.79 Å². The molecule has 0 radical (unpaired) electrons. The van der Waals surface area contributed by atoms with Crippen molar-refractivity contribution in [2.24, 2.45) is 11.7 Å². The van der Waals surface area contributed by atoms with Gasteiger partial charge in [0.05, 0.1) is 11.5 Å². The van der Waals surface area contributed by atoms with Crippen molar-refractivity contribution < 1.29 is 4.79 Å². The average molecular weight is 248 g/mol. The molecule has 0 saturated heterocycles. The summed E-state index contributed by atoms with van der Waals surface area (Å²) in [7, 11) is 1.75. The Bertz CT molecular complexity index is 432. The first-order valence-corrected chi connectivity index (χ1v) is 6.08. The molecule has 1 aliphatic rings. The summed E-state index contributed by atoms with van der Waals surface area (Å²) in [6.45, 7) is 0.367. The molecule has 0 spiro atoms. The predicted octanol–water partition coefficient (Wildman–Crippen LogP) is 1.53. The predicted molar refractivity (Wildman–Crippen MR) is 71.7 cm³/mol. The standard InChI is InChI=1S/C13H16N2OS/c1-15(8-12(14)17)13(16)11-7-10(11)9-5-3-2-4-6-9/h2-6,10-11H,7-8H2,1H3,(H2,14,17). The summed E-state index contributed by atoms with van der Waals surface area (Å²) in [6, 6.07) is 10.2. The molecular weight excluding hydrogens is 232 g/mol. The normalized spacial score (nSPS) is 21.9. The van der Waals surface area contributed by atoms with Crippen LogP contribution in [0.25, 0.3) is 0 Å². The molecule has 3 nitrogen and oxygen atoms in total. The molecule has 2 rings (SSSR count). The van der Waals surface area contributed by atoms with E-state index in [2.05, 4.69) is 12.1 Å². The van der Waals surface area contributed by atoms with Gasteiger partial charge in [-0.05, 0) is 17.9 Å². The van der Waals surface area contributed by atoms with Gasteiger partial charge in [-0.1, -0.05) is 42.5 Å².